The summed E-state index contributed by atoms with van der Waals surface area (Å²) in [7, 11) is 0.393. The van der Waals surface area contributed by atoms with Gasteiger partial charge in [-0.3, -0.25) is 9.59 Å². The van der Waals surface area contributed by atoms with Crippen molar-refractivity contribution in [2.75, 3.05) is 38.6 Å². The Labute approximate surface area is 208 Å². The number of nitrogens with one attached hydrogen (secondary N) is 1. The SMILES string of the molecule is COc1cccc(CN(C(=O)CN(c2ccccc2)S(=O)(=O)N(C)C)[C@H](C)C(=O)NCC(C)C)c1. The van der Waals surface area contributed by atoms with Crippen molar-refractivity contribution in [3.8, 4) is 5.75 Å². The van der Waals surface area contributed by atoms with Gasteiger partial charge in [0.1, 0.15) is 18.3 Å². The summed E-state index contributed by atoms with van der Waals surface area (Å²) in [5.74, 6) is 0.0476. The molecular formula is C25H36N4O5S. The lowest BCUT2D eigenvalue weighted by Gasteiger charge is -2.33. The summed E-state index contributed by atoms with van der Waals surface area (Å²) >= 11 is 0. The van der Waals surface area contributed by atoms with E-state index >= 15 is 0 Å². The maximum absolute atomic E-state index is 13.6. The maximum Gasteiger partial charge on any atom is 0.304 e. The van der Waals surface area contributed by atoms with E-state index in [0.29, 0.717) is 18.0 Å². The zero-order valence-corrected chi connectivity index (χ0v) is 22.1. The van der Waals surface area contributed by atoms with Crippen LogP contribution in [0.4, 0.5) is 5.69 Å². The Morgan fingerprint density at radius 1 is 1.00 bits per heavy atom. The van der Waals surface area contributed by atoms with Crippen molar-refractivity contribution in [3.05, 3.63) is 60.2 Å². The van der Waals surface area contributed by atoms with Crippen molar-refractivity contribution in [1.29, 1.82) is 0 Å². The fourth-order valence-electron chi connectivity index (χ4n) is 3.31. The summed E-state index contributed by atoms with van der Waals surface area (Å²) in [4.78, 5) is 27.9. The first kappa shape index (κ1) is 28.1. The van der Waals surface area contributed by atoms with E-state index in [4.69, 9.17) is 4.74 Å². The molecule has 0 aliphatic rings. The molecule has 0 heterocycles. The molecule has 2 aromatic rings. The predicted molar refractivity (Wildman–Crippen MR) is 137 cm³/mol. The number of hydrogen-bond donors (Lipinski definition) is 1. The Morgan fingerprint density at radius 2 is 1.66 bits per heavy atom. The fourth-order valence-corrected chi connectivity index (χ4v) is 4.37. The molecule has 0 saturated heterocycles. The van der Waals surface area contributed by atoms with Crippen molar-refractivity contribution in [2.45, 2.75) is 33.4 Å². The number of methoxy groups -OCH3 is 1. The van der Waals surface area contributed by atoms with E-state index in [0.717, 1.165) is 14.2 Å². The van der Waals surface area contributed by atoms with Crippen molar-refractivity contribution in [3.63, 3.8) is 0 Å². The van der Waals surface area contributed by atoms with Gasteiger partial charge in [-0.25, -0.2) is 4.31 Å². The van der Waals surface area contributed by atoms with Gasteiger partial charge >= 0.3 is 10.2 Å². The zero-order valence-electron chi connectivity index (χ0n) is 21.3. The molecule has 0 aliphatic heterocycles. The minimum Gasteiger partial charge on any atom is -0.497 e. The van der Waals surface area contributed by atoms with Gasteiger partial charge < -0.3 is 15.0 Å². The highest BCUT2D eigenvalue weighted by atomic mass is 32.2. The number of anilines is 1. The van der Waals surface area contributed by atoms with E-state index in [2.05, 4.69) is 5.32 Å². The summed E-state index contributed by atoms with van der Waals surface area (Å²) in [5.41, 5.74) is 1.11. The van der Waals surface area contributed by atoms with Gasteiger partial charge in [-0.1, -0.05) is 44.2 Å². The average Bonchev–Trinajstić information content (AvgIpc) is 2.84. The van der Waals surface area contributed by atoms with Gasteiger partial charge in [0, 0.05) is 27.2 Å². The van der Waals surface area contributed by atoms with E-state index < -0.39 is 28.7 Å². The molecule has 2 rings (SSSR count). The Balaban J connectivity index is 2.42. The number of carbonyl (C=O) groups excluding carboxylic acids is 2. The highest BCUT2D eigenvalue weighted by Crippen LogP contribution is 2.21. The largest absolute Gasteiger partial charge is 0.497 e. The molecule has 192 valence electrons. The normalized spacial score (nSPS) is 12.3. The number of hydrogen-bond acceptors (Lipinski definition) is 5. The fraction of sp³-hybridized carbons (Fsp3) is 0.440. The third-order valence-corrected chi connectivity index (χ3v) is 7.22. The first-order valence-electron chi connectivity index (χ1n) is 11.4. The van der Waals surface area contributed by atoms with Crippen LogP contribution in [-0.2, 0) is 26.3 Å². The molecule has 0 bridgehead atoms. The van der Waals surface area contributed by atoms with Crippen LogP contribution in [0, 0.1) is 5.92 Å². The lowest BCUT2D eigenvalue weighted by molar-refractivity contribution is -0.139. The van der Waals surface area contributed by atoms with Crippen molar-refractivity contribution in [2.24, 2.45) is 5.92 Å². The van der Waals surface area contributed by atoms with E-state index in [1.807, 2.05) is 19.9 Å². The van der Waals surface area contributed by atoms with Crippen LogP contribution in [0.3, 0.4) is 0 Å². The summed E-state index contributed by atoms with van der Waals surface area (Å²) < 4.78 is 33.6. The summed E-state index contributed by atoms with van der Waals surface area (Å²) in [5, 5.41) is 2.86. The lowest BCUT2D eigenvalue weighted by Crippen LogP contribution is -2.52. The topological polar surface area (TPSA) is 99.3 Å². The standard InChI is InChI=1S/C25H36N4O5S/c1-19(2)16-26-25(31)20(3)28(17-21-11-10-14-23(15-21)34-6)24(30)18-29(35(32,33)27(4)5)22-12-8-7-9-13-22/h7-15,19-20H,16-18H2,1-6H3,(H,26,31)/t20-/m1/s1. The third kappa shape index (κ3) is 7.69. The molecule has 0 aromatic heterocycles. The molecule has 0 fully saturated rings. The molecule has 35 heavy (non-hydrogen) atoms. The third-order valence-electron chi connectivity index (χ3n) is 5.40. The van der Waals surface area contributed by atoms with Crippen LogP contribution in [0.1, 0.15) is 26.3 Å². The molecule has 0 unspecified atom stereocenters. The van der Waals surface area contributed by atoms with E-state index in [9.17, 15) is 18.0 Å². The van der Waals surface area contributed by atoms with Crippen LogP contribution >= 0.6 is 0 Å². The van der Waals surface area contributed by atoms with Gasteiger partial charge in [0.05, 0.1) is 12.8 Å². The molecule has 2 aromatic carbocycles. The van der Waals surface area contributed by atoms with Crippen LogP contribution in [-0.4, -0.2) is 69.8 Å². The van der Waals surface area contributed by atoms with Gasteiger partial charge in [-0.2, -0.15) is 12.7 Å². The molecular weight excluding hydrogens is 468 g/mol. The molecule has 2 amide bonds. The van der Waals surface area contributed by atoms with Crippen LogP contribution in [0.5, 0.6) is 5.75 Å². The van der Waals surface area contributed by atoms with Crippen molar-refractivity contribution >= 4 is 27.7 Å². The summed E-state index contributed by atoms with van der Waals surface area (Å²) in [6, 6.07) is 14.8. The number of para-hydroxylation sites is 1. The number of amides is 2. The molecule has 0 radical (unpaired) electrons. The van der Waals surface area contributed by atoms with Crippen LogP contribution in [0.2, 0.25) is 0 Å². The Hall–Kier alpha value is -3.11. The van der Waals surface area contributed by atoms with E-state index in [1.165, 1.54) is 19.0 Å². The van der Waals surface area contributed by atoms with Gasteiger partial charge in [0.2, 0.25) is 11.8 Å². The Kier molecular flexibility index (Phi) is 10.1. The minimum atomic E-state index is -3.97. The minimum absolute atomic E-state index is 0.108. The van der Waals surface area contributed by atoms with Gasteiger partial charge in [0.15, 0.2) is 0 Å². The monoisotopic (exact) mass is 504 g/mol. The van der Waals surface area contributed by atoms with Crippen LogP contribution in [0.15, 0.2) is 54.6 Å². The number of carbonyl (C=O) groups is 2. The smallest absolute Gasteiger partial charge is 0.304 e. The molecule has 1 N–H and O–H groups in total. The summed E-state index contributed by atoms with van der Waals surface area (Å²) in [6.07, 6.45) is 0. The predicted octanol–water partition coefficient (Wildman–Crippen LogP) is 2.50. The van der Waals surface area contributed by atoms with E-state index in [1.54, 1.807) is 62.6 Å². The average molecular weight is 505 g/mol. The van der Waals surface area contributed by atoms with Crippen LogP contribution < -0.4 is 14.4 Å². The molecule has 1 atom stereocenters. The van der Waals surface area contributed by atoms with Gasteiger partial charge in [0.25, 0.3) is 0 Å². The maximum atomic E-state index is 13.6. The molecule has 10 heteroatoms. The van der Waals surface area contributed by atoms with Crippen molar-refractivity contribution < 1.29 is 22.7 Å². The second kappa shape index (κ2) is 12.6. The number of nitrogens with zero attached hydrogens (tertiary/aromatic N) is 3. The van der Waals surface area contributed by atoms with E-state index in [-0.39, 0.29) is 18.4 Å². The number of ether oxygens (including phenoxy) is 1. The van der Waals surface area contributed by atoms with Gasteiger partial charge in [-0.05, 0) is 42.7 Å². The number of benzene rings is 2. The van der Waals surface area contributed by atoms with Crippen molar-refractivity contribution in [1.82, 2.24) is 14.5 Å². The summed E-state index contributed by atoms with van der Waals surface area (Å²) in [6.45, 7) is 5.71. The molecule has 9 nitrogen and oxygen atoms in total. The first-order chi connectivity index (χ1) is 16.5. The Bertz CT molecular complexity index is 1090. The quantitative estimate of drug-likeness (QED) is 0.479. The molecule has 0 spiro atoms. The highest BCUT2D eigenvalue weighted by molar-refractivity contribution is 7.90. The lowest BCUT2D eigenvalue weighted by atomic mass is 10.1. The number of rotatable bonds is 12. The van der Waals surface area contributed by atoms with Crippen LogP contribution in [0.25, 0.3) is 0 Å². The van der Waals surface area contributed by atoms with Gasteiger partial charge in [-0.15, -0.1) is 0 Å². The highest BCUT2D eigenvalue weighted by Gasteiger charge is 2.32. The molecule has 0 aliphatic carbocycles. The second-order valence-corrected chi connectivity index (χ2v) is 10.9. The zero-order chi connectivity index (χ0) is 26.2. The first-order valence-corrected chi connectivity index (χ1v) is 12.8. The second-order valence-electron chi connectivity index (χ2n) is 8.82. The molecule has 0 saturated carbocycles. The Morgan fingerprint density at radius 3 is 2.23 bits per heavy atom.